The van der Waals surface area contributed by atoms with Crippen LogP contribution >= 0.6 is 11.3 Å². The molecule has 28 heavy (non-hydrogen) atoms. The average molecular weight is 415 g/mol. The fourth-order valence-corrected chi connectivity index (χ4v) is 4.36. The molecule has 0 spiro atoms. The maximum atomic E-state index is 12.7. The summed E-state index contributed by atoms with van der Waals surface area (Å²) in [6, 6.07) is 1.45. The lowest BCUT2D eigenvalue weighted by molar-refractivity contribution is -0.159. The predicted molar refractivity (Wildman–Crippen MR) is 103 cm³/mol. The first-order valence-corrected chi connectivity index (χ1v) is 10.0. The van der Waals surface area contributed by atoms with Crippen LogP contribution in [0.5, 0.6) is 0 Å². The normalized spacial score (nSPS) is 23.7. The topological polar surface area (TPSA) is 62.7 Å². The minimum Gasteiger partial charge on any atom is -0.460 e. The average Bonchev–Trinajstić information content (AvgIpc) is 3.10. The number of amidine groups is 1. The van der Waals surface area contributed by atoms with Gasteiger partial charge in [0.05, 0.1) is 23.9 Å². The molecular formula is C19H24F3N3O2S. The monoisotopic (exact) mass is 415 g/mol. The van der Waals surface area contributed by atoms with Crippen molar-refractivity contribution >= 4 is 28.1 Å². The molecule has 2 heterocycles. The van der Waals surface area contributed by atoms with Gasteiger partial charge < -0.3 is 15.4 Å². The summed E-state index contributed by atoms with van der Waals surface area (Å²) in [5.41, 5.74) is 0.0934. The van der Waals surface area contributed by atoms with Gasteiger partial charge in [-0.1, -0.05) is 0 Å². The predicted octanol–water partition coefficient (Wildman–Crippen LogP) is 4.60. The highest BCUT2D eigenvalue weighted by molar-refractivity contribution is 7.16. The van der Waals surface area contributed by atoms with Gasteiger partial charge in [0, 0.05) is 17.3 Å². The van der Waals surface area contributed by atoms with E-state index in [1.165, 1.54) is 6.07 Å². The number of carbonyl (C=O) groups is 1. The molecule has 0 saturated heterocycles. The highest BCUT2D eigenvalue weighted by atomic mass is 32.1. The van der Waals surface area contributed by atoms with E-state index in [2.05, 4.69) is 10.6 Å². The van der Waals surface area contributed by atoms with Crippen molar-refractivity contribution in [2.45, 2.75) is 64.3 Å². The number of thiophene rings is 1. The Balaban J connectivity index is 1.74. The molecule has 2 aliphatic rings. The quantitative estimate of drug-likeness (QED) is 0.709. The molecule has 2 N–H and O–H groups in total. The number of ether oxygens (including phenoxy) is 1. The van der Waals surface area contributed by atoms with Crippen molar-refractivity contribution in [1.29, 1.82) is 0 Å². The van der Waals surface area contributed by atoms with Crippen LogP contribution in [0.15, 0.2) is 23.5 Å². The molecule has 1 unspecified atom stereocenters. The first-order chi connectivity index (χ1) is 13.0. The second-order valence-electron chi connectivity index (χ2n) is 8.04. The first kappa shape index (κ1) is 20.7. The van der Waals surface area contributed by atoms with Crippen molar-refractivity contribution in [3.05, 3.63) is 28.9 Å². The zero-order chi connectivity index (χ0) is 20.5. The zero-order valence-corrected chi connectivity index (χ0v) is 16.8. The number of esters is 1. The molecule has 0 bridgehead atoms. The van der Waals surface area contributed by atoms with E-state index >= 15 is 0 Å². The lowest BCUT2D eigenvalue weighted by Crippen LogP contribution is -2.28. The number of hydrogen-bond acceptors (Lipinski definition) is 5. The molecule has 0 aromatic carbocycles. The van der Waals surface area contributed by atoms with Gasteiger partial charge in [-0.3, -0.25) is 9.79 Å². The van der Waals surface area contributed by atoms with Crippen LogP contribution < -0.4 is 10.6 Å². The van der Waals surface area contributed by atoms with E-state index in [1.807, 2.05) is 20.8 Å². The standard InChI is InChI=1S/C19H24F3N3O2S/c1-18(2,3)27-17(26)11-4-5-12(8-11)25-15-14-9-13(10-19(20,21)22)28-16(14)24-7-6-23-15/h6-7,9,11-12,24H,4-5,8,10H2,1-3H3,(H,23,25)/t11-,12?/m1/s1. The van der Waals surface area contributed by atoms with Gasteiger partial charge in [-0.25, -0.2) is 0 Å². The van der Waals surface area contributed by atoms with E-state index in [0.717, 1.165) is 17.8 Å². The van der Waals surface area contributed by atoms with Crippen LogP contribution in [-0.4, -0.2) is 29.6 Å². The van der Waals surface area contributed by atoms with E-state index in [0.29, 0.717) is 29.2 Å². The minimum atomic E-state index is -4.25. The Hall–Kier alpha value is -2.03. The van der Waals surface area contributed by atoms with Crippen molar-refractivity contribution in [2.24, 2.45) is 10.9 Å². The van der Waals surface area contributed by atoms with Crippen molar-refractivity contribution in [3.8, 4) is 0 Å². The lowest BCUT2D eigenvalue weighted by atomic mass is 10.1. The maximum Gasteiger partial charge on any atom is 0.393 e. The Morgan fingerprint density at radius 3 is 2.64 bits per heavy atom. The molecule has 0 amide bonds. The van der Waals surface area contributed by atoms with Gasteiger partial charge in [-0.05, 0) is 46.1 Å². The van der Waals surface area contributed by atoms with Crippen molar-refractivity contribution in [1.82, 2.24) is 5.32 Å². The summed E-state index contributed by atoms with van der Waals surface area (Å²) >= 11 is 1.07. The van der Waals surface area contributed by atoms with Gasteiger partial charge in [0.2, 0.25) is 0 Å². The summed E-state index contributed by atoms with van der Waals surface area (Å²) < 4.78 is 43.6. The zero-order valence-electron chi connectivity index (χ0n) is 16.0. The Labute approximate surface area is 166 Å². The van der Waals surface area contributed by atoms with E-state index in [-0.39, 0.29) is 22.8 Å². The Morgan fingerprint density at radius 1 is 1.25 bits per heavy atom. The van der Waals surface area contributed by atoms with Gasteiger partial charge in [-0.15, -0.1) is 11.3 Å². The highest BCUT2D eigenvalue weighted by Crippen LogP contribution is 2.35. The molecule has 9 heteroatoms. The van der Waals surface area contributed by atoms with Gasteiger partial charge in [0.25, 0.3) is 0 Å². The molecule has 1 aromatic rings. The van der Waals surface area contributed by atoms with E-state index in [1.54, 1.807) is 12.4 Å². The van der Waals surface area contributed by atoms with Crippen LogP contribution in [0.3, 0.4) is 0 Å². The second kappa shape index (κ2) is 7.77. The summed E-state index contributed by atoms with van der Waals surface area (Å²) in [6.45, 7) is 5.51. The van der Waals surface area contributed by atoms with Gasteiger partial charge in [0.15, 0.2) is 0 Å². The fourth-order valence-electron chi connectivity index (χ4n) is 3.29. The Morgan fingerprint density at radius 2 is 1.96 bits per heavy atom. The smallest absolute Gasteiger partial charge is 0.393 e. The maximum absolute atomic E-state index is 12.7. The summed E-state index contributed by atoms with van der Waals surface area (Å²) in [7, 11) is 0. The SMILES string of the molecule is CC(C)(C)OC(=O)[C@@H]1CCC(N=C2NC=CNc3sc(CC(F)(F)F)cc32)C1. The highest BCUT2D eigenvalue weighted by Gasteiger charge is 2.34. The third-order valence-corrected chi connectivity index (χ3v) is 5.45. The lowest BCUT2D eigenvalue weighted by Gasteiger charge is -2.21. The van der Waals surface area contributed by atoms with Crippen molar-refractivity contribution in [2.75, 3.05) is 5.32 Å². The second-order valence-corrected chi connectivity index (χ2v) is 9.18. The van der Waals surface area contributed by atoms with Crippen LogP contribution in [-0.2, 0) is 16.0 Å². The van der Waals surface area contributed by atoms with Crippen LogP contribution in [0.2, 0.25) is 0 Å². The fraction of sp³-hybridized carbons (Fsp3) is 0.579. The summed E-state index contributed by atoms with van der Waals surface area (Å²) in [4.78, 5) is 17.2. The number of alkyl halides is 3. The number of aliphatic imine (C=N–C) groups is 1. The molecule has 1 fully saturated rings. The molecule has 1 saturated carbocycles. The van der Waals surface area contributed by atoms with Crippen molar-refractivity contribution < 1.29 is 22.7 Å². The van der Waals surface area contributed by atoms with Crippen LogP contribution in [0.25, 0.3) is 0 Å². The number of carbonyl (C=O) groups excluding carboxylic acids is 1. The summed E-state index contributed by atoms with van der Waals surface area (Å²) in [5, 5.41) is 6.66. The summed E-state index contributed by atoms with van der Waals surface area (Å²) in [5.74, 6) is 0.112. The molecule has 0 radical (unpaired) electrons. The number of nitrogens with zero attached hydrogens (tertiary/aromatic N) is 1. The molecule has 1 aromatic heterocycles. The number of anilines is 1. The van der Waals surface area contributed by atoms with Gasteiger partial charge in [0.1, 0.15) is 16.4 Å². The van der Waals surface area contributed by atoms with E-state index in [4.69, 9.17) is 9.73 Å². The molecule has 1 aliphatic heterocycles. The third-order valence-electron chi connectivity index (χ3n) is 4.39. The van der Waals surface area contributed by atoms with E-state index < -0.39 is 18.2 Å². The Bertz CT molecular complexity index is 793. The molecular weight excluding hydrogens is 391 g/mol. The molecule has 154 valence electrons. The molecule has 1 aliphatic carbocycles. The van der Waals surface area contributed by atoms with Gasteiger partial charge >= 0.3 is 12.1 Å². The number of hydrogen-bond donors (Lipinski definition) is 2. The van der Waals surface area contributed by atoms with Gasteiger partial charge in [-0.2, -0.15) is 13.2 Å². The van der Waals surface area contributed by atoms with E-state index in [9.17, 15) is 18.0 Å². The Kier molecular flexibility index (Phi) is 5.74. The number of rotatable bonds is 3. The summed E-state index contributed by atoms with van der Waals surface area (Å²) in [6.07, 6.45) is 0.0831. The number of fused-ring (bicyclic) bond motifs is 1. The largest absolute Gasteiger partial charge is 0.460 e. The number of nitrogens with one attached hydrogen (secondary N) is 2. The minimum absolute atomic E-state index is 0.0784. The van der Waals surface area contributed by atoms with Crippen LogP contribution in [0, 0.1) is 5.92 Å². The molecule has 3 rings (SSSR count). The first-order valence-electron chi connectivity index (χ1n) is 9.19. The number of halogens is 3. The molecule has 5 nitrogen and oxygen atoms in total. The van der Waals surface area contributed by atoms with Crippen molar-refractivity contribution in [3.63, 3.8) is 0 Å². The third kappa shape index (κ3) is 5.50. The molecule has 2 atom stereocenters. The van der Waals surface area contributed by atoms with Crippen LogP contribution in [0.1, 0.15) is 50.5 Å². The van der Waals surface area contributed by atoms with Crippen LogP contribution in [0.4, 0.5) is 18.2 Å².